The number of hydrogen-bond acceptors (Lipinski definition) is 6. The number of likely N-dealkylation sites (tertiary alicyclic amines) is 1. The number of halogens is 1. The molecule has 2 aromatic carbocycles. The van der Waals surface area contributed by atoms with Crippen LogP contribution in [0.25, 0.3) is 33.5 Å². The van der Waals surface area contributed by atoms with Gasteiger partial charge in [-0.05, 0) is 50.5 Å². The molecule has 0 bridgehead atoms. The van der Waals surface area contributed by atoms with Crippen LogP contribution in [0.5, 0.6) is 0 Å². The highest BCUT2D eigenvalue weighted by atomic mass is 19.1. The lowest BCUT2D eigenvalue weighted by molar-refractivity contribution is 0.0739. The van der Waals surface area contributed by atoms with Crippen LogP contribution in [-0.4, -0.2) is 78.1 Å². The van der Waals surface area contributed by atoms with Gasteiger partial charge in [0.25, 0.3) is 5.91 Å². The minimum Gasteiger partial charge on any atom is -0.396 e. The van der Waals surface area contributed by atoms with Crippen molar-refractivity contribution in [2.75, 3.05) is 31.1 Å². The first-order valence-corrected chi connectivity index (χ1v) is 15.5. The summed E-state index contributed by atoms with van der Waals surface area (Å²) in [6.07, 6.45) is 4.48. The van der Waals surface area contributed by atoms with Gasteiger partial charge in [0, 0.05) is 74.1 Å². The average Bonchev–Trinajstić information content (AvgIpc) is 3.79. The van der Waals surface area contributed by atoms with Crippen LogP contribution in [0.3, 0.4) is 0 Å². The molecule has 3 N–H and O–H groups in total. The zero-order chi connectivity index (χ0) is 30.7. The number of aliphatic hydroxyl groups is 1. The van der Waals surface area contributed by atoms with E-state index in [-0.39, 0.29) is 36.1 Å². The molecule has 5 aromatic rings. The van der Waals surface area contributed by atoms with Crippen molar-refractivity contribution < 1.29 is 14.3 Å². The van der Waals surface area contributed by atoms with E-state index in [2.05, 4.69) is 38.8 Å². The third-order valence-electron chi connectivity index (χ3n) is 9.49. The van der Waals surface area contributed by atoms with Gasteiger partial charge in [-0.2, -0.15) is 5.10 Å². The number of anilines is 1. The van der Waals surface area contributed by atoms with Gasteiger partial charge in [-0.1, -0.05) is 19.1 Å². The second-order valence-corrected chi connectivity index (χ2v) is 12.3. The fourth-order valence-electron chi connectivity index (χ4n) is 7.06. The Morgan fingerprint density at radius 1 is 1.16 bits per heavy atom. The molecule has 2 aliphatic rings. The van der Waals surface area contributed by atoms with E-state index < -0.39 is 5.82 Å². The van der Waals surface area contributed by atoms with Crippen molar-refractivity contribution in [3.05, 3.63) is 65.7 Å². The maximum absolute atomic E-state index is 16.2. The summed E-state index contributed by atoms with van der Waals surface area (Å²) in [7, 11) is 0. The van der Waals surface area contributed by atoms with E-state index in [4.69, 9.17) is 10.7 Å². The number of aromatic nitrogens is 5. The Hall–Kier alpha value is -4.22. The Balaban J connectivity index is 1.38. The number of amides is 1. The topological polar surface area (TPSA) is 110 Å². The summed E-state index contributed by atoms with van der Waals surface area (Å²) in [6, 6.07) is 11.2. The van der Waals surface area contributed by atoms with Crippen LogP contribution in [0.15, 0.2) is 48.8 Å². The van der Waals surface area contributed by atoms with Gasteiger partial charge in [0.15, 0.2) is 5.82 Å². The number of imidazole rings is 1. The number of carbonyl (C=O) groups is 1. The summed E-state index contributed by atoms with van der Waals surface area (Å²) in [5, 5.41) is 15.0. The van der Waals surface area contributed by atoms with Gasteiger partial charge in [0.05, 0.1) is 35.2 Å². The number of carbonyl (C=O) groups excluding carboxylic acids is 1. The molecule has 3 aromatic heterocycles. The number of fused-ring (bicyclic) bond motifs is 1. The van der Waals surface area contributed by atoms with Gasteiger partial charge in [0.1, 0.15) is 11.3 Å². The fourth-order valence-corrected chi connectivity index (χ4v) is 7.06. The number of para-hydroxylation sites is 1. The molecule has 3 atom stereocenters. The molecular formula is C33H39FN8O2. The van der Waals surface area contributed by atoms with Gasteiger partial charge in [-0.3, -0.25) is 9.48 Å². The third kappa shape index (κ3) is 4.57. The molecule has 10 nitrogen and oxygen atoms in total. The van der Waals surface area contributed by atoms with Crippen LogP contribution < -0.4 is 10.6 Å². The summed E-state index contributed by atoms with van der Waals surface area (Å²) < 4.78 is 22.3. The highest BCUT2D eigenvalue weighted by Gasteiger charge is 2.37. The van der Waals surface area contributed by atoms with E-state index >= 15 is 4.39 Å². The number of nitrogens with two attached hydrogens (primary N) is 1. The Kier molecular flexibility index (Phi) is 7.17. The maximum atomic E-state index is 16.2. The van der Waals surface area contributed by atoms with Gasteiger partial charge >= 0.3 is 0 Å². The summed E-state index contributed by atoms with van der Waals surface area (Å²) >= 11 is 0. The Bertz CT molecular complexity index is 1870. The van der Waals surface area contributed by atoms with E-state index in [9.17, 15) is 9.90 Å². The lowest BCUT2D eigenvalue weighted by Crippen LogP contribution is -2.41. The molecule has 0 unspecified atom stereocenters. The molecule has 11 heteroatoms. The summed E-state index contributed by atoms with van der Waals surface area (Å²) in [5.74, 6) is 0.100. The number of hydrogen-bond donors (Lipinski definition) is 2. The molecular weight excluding hydrogens is 559 g/mol. The van der Waals surface area contributed by atoms with Gasteiger partial charge in [-0.25, -0.2) is 9.37 Å². The van der Waals surface area contributed by atoms with E-state index in [0.29, 0.717) is 36.4 Å². The number of aliphatic hydroxyl groups excluding tert-OH is 1. The normalized spacial score (nSPS) is 20.0. The van der Waals surface area contributed by atoms with Crippen LogP contribution >= 0.6 is 0 Å². The quantitative estimate of drug-likeness (QED) is 0.279. The van der Waals surface area contributed by atoms with Crippen molar-refractivity contribution in [1.82, 2.24) is 28.8 Å². The summed E-state index contributed by atoms with van der Waals surface area (Å²) in [4.78, 5) is 22.7. The van der Waals surface area contributed by atoms with Crippen LogP contribution in [-0.2, 0) is 19.6 Å². The summed E-state index contributed by atoms with van der Waals surface area (Å²) in [5.41, 5.74) is 11.5. The molecule has 1 saturated heterocycles. The summed E-state index contributed by atoms with van der Waals surface area (Å²) in [6.45, 7) is 10.1. The van der Waals surface area contributed by atoms with Crippen molar-refractivity contribution in [3.8, 4) is 11.5 Å². The first-order valence-electron chi connectivity index (χ1n) is 15.5. The standard InChI is InChI=1S/C33H39FN8O2/c1-4-39-18-22(16-36-39)19-42-31-25(34)13-24(33(44)41-17-20(2)29(35)21(41)3)14-26(31)37-32(42)28-15-23-7-5-8-27-30(23)40(28)11-10-38(27)9-6-12-43/h5,7-8,13-16,18,20-21,29,43H,4,6,9-12,17,19,35H2,1-3H3/t20-,21-,29-/m1/s1. The highest BCUT2D eigenvalue weighted by Crippen LogP contribution is 2.38. The minimum atomic E-state index is -0.484. The lowest BCUT2D eigenvalue weighted by Gasteiger charge is -2.31. The minimum absolute atomic E-state index is 0.118. The molecule has 0 radical (unpaired) electrons. The number of nitrogens with zero attached hydrogens (tertiary/aromatic N) is 7. The largest absolute Gasteiger partial charge is 0.396 e. The fraction of sp³-hybridized carbons (Fsp3) is 0.424. The van der Waals surface area contributed by atoms with Crippen LogP contribution in [0.4, 0.5) is 10.1 Å². The number of rotatable bonds is 8. The van der Waals surface area contributed by atoms with Crippen LogP contribution in [0, 0.1) is 11.7 Å². The van der Waals surface area contributed by atoms with Crippen molar-refractivity contribution in [2.24, 2.45) is 11.7 Å². The zero-order valence-corrected chi connectivity index (χ0v) is 25.4. The van der Waals surface area contributed by atoms with Crippen molar-refractivity contribution >= 4 is 33.5 Å². The first kappa shape index (κ1) is 28.5. The van der Waals surface area contributed by atoms with Gasteiger partial charge in [-0.15, -0.1) is 0 Å². The smallest absolute Gasteiger partial charge is 0.254 e. The molecule has 0 spiro atoms. The Labute approximate surface area is 255 Å². The number of benzene rings is 2. The van der Waals surface area contributed by atoms with Crippen LogP contribution in [0.1, 0.15) is 43.1 Å². The van der Waals surface area contributed by atoms with Crippen molar-refractivity contribution in [2.45, 2.75) is 58.9 Å². The molecule has 0 aliphatic carbocycles. The van der Waals surface area contributed by atoms with Crippen LogP contribution in [0.2, 0.25) is 0 Å². The van der Waals surface area contributed by atoms with Gasteiger partial charge < -0.3 is 29.8 Å². The molecule has 0 saturated carbocycles. The SMILES string of the molecule is CCn1cc(Cn2c(-c3cc4cccc5c4n3CCN5CCCO)nc3cc(C(=O)N4C[C@@H](C)[C@@H](N)[C@H]4C)cc(F)c32)cn1. The second-order valence-electron chi connectivity index (χ2n) is 12.3. The maximum Gasteiger partial charge on any atom is 0.254 e. The van der Waals surface area contributed by atoms with E-state index in [1.165, 1.54) is 6.07 Å². The lowest BCUT2D eigenvalue weighted by atomic mass is 10.0. The Morgan fingerprint density at radius 2 is 2.00 bits per heavy atom. The highest BCUT2D eigenvalue weighted by molar-refractivity contribution is 6.00. The van der Waals surface area contributed by atoms with Crippen molar-refractivity contribution in [1.29, 1.82) is 0 Å². The van der Waals surface area contributed by atoms with E-state index in [0.717, 1.165) is 54.0 Å². The molecule has 1 fully saturated rings. The molecule has 5 heterocycles. The molecule has 2 aliphatic heterocycles. The molecule has 1 amide bonds. The predicted octanol–water partition coefficient (Wildman–Crippen LogP) is 4.07. The Morgan fingerprint density at radius 3 is 2.73 bits per heavy atom. The number of aryl methyl sites for hydroxylation is 1. The van der Waals surface area contributed by atoms with E-state index in [1.54, 1.807) is 11.0 Å². The third-order valence-corrected chi connectivity index (χ3v) is 9.49. The average molecular weight is 599 g/mol. The molecule has 230 valence electrons. The molecule has 44 heavy (non-hydrogen) atoms. The van der Waals surface area contributed by atoms with Gasteiger partial charge in [0.2, 0.25) is 0 Å². The predicted molar refractivity (Wildman–Crippen MR) is 169 cm³/mol. The zero-order valence-electron chi connectivity index (χ0n) is 25.4. The molecule has 7 rings (SSSR count). The first-order chi connectivity index (χ1) is 21.3. The van der Waals surface area contributed by atoms with Crippen molar-refractivity contribution in [3.63, 3.8) is 0 Å². The monoisotopic (exact) mass is 598 g/mol. The second kappa shape index (κ2) is 11.0. The van der Waals surface area contributed by atoms with E-state index in [1.807, 2.05) is 42.4 Å².